The molecule has 11 atom stereocenters. The van der Waals surface area contributed by atoms with Gasteiger partial charge in [-0.3, -0.25) is 24.3 Å². The number of hydrogen-bond donors (Lipinski definition) is 6. The maximum Gasteiger partial charge on any atom is 0.312 e. The number of ether oxygens (including phenoxy) is 4. The number of fused-ring (bicyclic) bond motifs is 14. The number of phenols is 3. The van der Waals surface area contributed by atoms with Gasteiger partial charge in [0.15, 0.2) is 5.75 Å². The number of methoxy groups -OCH3 is 1. The van der Waals surface area contributed by atoms with Crippen LogP contribution in [0, 0.1) is 30.6 Å². The summed E-state index contributed by atoms with van der Waals surface area (Å²) in [5.41, 5.74) is 2.09. The van der Waals surface area contributed by atoms with Crippen molar-refractivity contribution >= 4 is 40.3 Å². The van der Waals surface area contributed by atoms with Crippen LogP contribution in [0.15, 0.2) is 65.5 Å². The summed E-state index contributed by atoms with van der Waals surface area (Å²) in [6, 6.07) is 8.43. The SMILES string of the molecule is COC1C=COC2(C)Oc3c(C)c(O)c4c(O)c(c(/C=N/N5C(C)CN(Cc6ccc(C(C)(C)C)cc6)CC5C)c(O)c4c3C2=O)NC(=O)C(C)=CC=CC(C)C(O)C(C)C(O)C(C)C(OC(C)=O)C1C. The van der Waals surface area contributed by atoms with Gasteiger partial charge < -0.3 is 49.8 Å². The van der Waals surface area contributed by atoms with E-state index in [4.69, 9.17) is 24.0 Å². The van der Waals surface area contributed by atoms with Crippen molar-refractivity contribution in [3.05, 3.63) is 88.2 Å². The van der Waals surface area contributed by atoms with Crippen LogP contribution in [0.2, 0.25) is 0 Å². The van der Waals surface area contributed by atoms with Crippen LogP contribution < -0.4 is 10.1 Å². The lowest BCUT2D eigenvalue weighted by Crippen LogP contribution is -2.54. The van der Waals surface area contributed by atoms with Crippen molar-refractivity contribution in [2.24, 2.45) is 28.8 Å². The van der Waals surface area contributed by atoms with Gasteiger partial charge in [0.25, 0.3) is 11.7 Å². The van der Waals surface area contributed by atoms with Crippen molar-refractivity contribution in [1.29, 1.82) is 0 Å². The fourth-order valence-electron chi connectivity index (χ4n) is 10.1. The molecule has 4 heterocycles. The van der Waals surface area contributed by atoms with Gasteiger partial charge in [0, 0.05) is 80.8 Å². The van der Waals surface area contributed by atoms with Crippen LogP contribution in [0.4, 0.5) is 5.69 Å². The van der Waals surface area contributed by atoms with E-state index in [1.807, 2.05) is 18.9 Å². The largest absolute Gasteiger partial charge is 0.507 e. The third-order valence-electron chi connectivity index (χ3n) is 14.5. The van der Waals surface area contributed by atoms with Crippen LogP contribution in [0.25, 0.3) is 10.8 Å². The zero-order valence-electron chi connectivity index (χ0n) is 43.6. The lowest BCUT2D eigenvalue weighted by Gasteiger charge is -2.43. The molecule has 0 aromatic heterocycles. The zero-order valence-corrected chi connectivity index (χ0v) is 43.6. The number of piperazine rings is 1. The van der Waals surface area contributed by atoms with Crippen molar-refractivity contribution in [2.75, 3.05) is 25.5 Å². The summed E-state index contributed by atoms with van der Waals surface area (Å²) < 4.78 is 23.9. The Morgan fingerprint density at radius 1 is 0.901 bits per heavy atom. The number of benzene rings is 3. The molecule has 11 unspecified atom stereocenters. The van der Waals surface area contributed by atoms with Gasteiger partial charge in [-0.15, -0.1) is 0 Å². The number of anilines is 1. The molecule has 1 saturated heterocycles. The number of phenolic OH excluding ortho intramolecular Hbond substituents is 3. The number of aliphatic hydroxyl groups excluding tert-OH is 2. The number of aliphatic hydroxyl groups is 2. The Morgan fingerprint density at radius 3 is 2.13 bits per heavy atom. The minimum atomic E-state index is -2.07. The quantitative estimate of drug-likeness (QED) is 0.0597. The Morgan fingerprint density at radius 2 is 1.54 bits per heavy atom. The van der Waals surface area contributed by atoms with Gasteiger partial charge in [0.2, 0.25) is 0 Å². The summed E-state index contributed by atoms with van der Waals surface area (Å²) >= 11 is 0. The lowest BCUT2D eigenvalue weighted by molar-refractivity contribution is -0.160. The van der Waals surface area contributed by atoms with E-state index in [-0.39, 0.29) is 62.0 Å². The molecule has 0 radical (unpaired) electrons. The fraction of sp³-hybridized carbons (Fsp3) is 0.527. The maximum absolute atomic E-state index is 14.7. The summed E-state index contributed by atoms with van der Waals surface area (Å²) in [6.07, 6.45) is 4.90. The molecule has 0 saturated carbocycles. The molecule has 3 aromatic carbocycles. The normalized spacial score (nSPS) is 29.4. The Hall–Kier alpha value is -5.94. The first-order valence-electron chi connectivity index (χ1n) is 24.4. The van der Waals surface area contributed by atoms with Crippen LogP contribution in [0.1, 0.15) is 116 Å². The number of carbonyl (C=O) groups excluding carboxylic acids is 3. The van der Waals surface area contributed by atoms with E-state index in [2.05, 4.69) is 55.3 Å². The van der Waals surface area contributed by atoms with Crippen molar-refractivity contribution in [3.8, 4) is 23.0 Å². The number of Topliss-reactive ketones (excluding diaryl/α,β-unsaturated/α-hetero) is 1. The molecule has 4 aliphatic rings. The molecule has 5 bridgehead atoms. The number of nitrogens with one attached hydrogen (secondary N) is 1. The second-order valence-corrected chi connectivity index (χ2v) is 21.1. The fourth-order valence-corrected chi connectivity index (χ4v) is 10.1. The first-order valence-corrected chi connectivity index (χ1v) is 24.4. The Balaban J connectivity index is 1.45. The molecule has 4 aliphatic heterocycles. The number of rotatable bonds is 6. The molecule has 0 spiro atoms. The molecular formula is C55H74N4O12. The van der Waals surface area contributed by atoms with E-state index in [0.717, 1.165) is 6.54 Å². The minimum absolute atomic E-state index is 0.0408. The third-order valence-corrected chi connectivity index (χ3v) is 14.5. The molecule has 71 heavy (non-hydrogen) atoms. The predicted octanol–water partition coefficient (Wildman–Crippen LogP) is 7.98. The lowest BCUT2D eigenvalue weighted by atomic mass is 9.78. The van der Waals surface area contributed by atoms with E-state index in [9.17, 15) is 39.9 Å². The van der Waals surface area contributed by atoms with E-state index in [1.54, 1.807) is 39.8 Å². The van der Waals surface area contributed by atoms with Crippen LogP contribution >= 0.6 is 0 Å². The highest BCUT2D eigenvalue weighted by molar-refractivity contribution is 6.23. The number of allylic oxidation sites excluding steroid dienone is 2. The molecule has 6 N–H and O–H groups in total. The van der Waals surface area contributed by atoms with Gasteiger partial charge in [-0.2, -0.15) is 5.10 Å². The monoisotopic (exact) mass is 983 g/mol. The van der Waals surface area contributed by atoms with Crippen LogP contribution in [0.5, 0.6) is 23.0 Å². The van der Waals surface area contributed by atoms with Gasteiger partial charge in [0.1, 0.15) is 23.4 Å². The molecule has 386 valence electrons. The first-order chi connectivity index (χ1) is 33.2. The molecule has 7 rings (SSSR count). The number of ketones is 1. The second-order valence-electron chi connectivity index (χ2n) is 21.1. The number of amides is 1. The summed E-state index contributed by atoms with van der Waals surface area (Å²) in [7, 11) is 1.44. The molecule has 1 amide bonds. The summed E-state index contributed by atoms with van der Waals surface area (Å²) in [6.45, 7) is 25.3. The van der Waals surface area contributed by atoms with E-state index >= 15 is 0 Å². The first kappa shape index (κ1) is 54.4. The van der Waals surface area contributed by atoms with Crippen molar-refractivity contribution in [2.45, 2.75) is 144 Å². The van der Waals surface area contributed by atoms with Crippen molar-refractivity contribution in [1.82, 2.24) is 9.91 Å². The highest BCUT2D eigenvalue weighted by atomic mass is 16.7. The van der Waals surface area contributed by atoms with E-state index in [0.29, 0.717) is 13.1 Å². The number of aromatic hydroxyl groups is 3. The van der Waals surface area contributed by atoms with Gasteiger partial charge in [-0.1, -0.05) is 91.0 Å². The van der Waals surface area contributed by atoms with E-state index in [1.165, 1.54) is 70.6 Å². The number of hydrogen-bond acceptors (Lipinski definition) is 15. The molecular weight excluding hydrogens is 909 g/mol. The van der Waals surface area contributed by atoms with Crippen LogP contribution in [0.3, 0.4) is 0 Å². The molecule has 1 fully saturated rings. The zero-order chi connectivity index (χ0) is 52.6. The Kier molecular flexibility index (Phi) is 16.4. The molecule has 3 aromatic rings. The Bertz CT molecular complexity index is 2610. The number of hydrazone groups is 1. The molecule has 16 nitrogen and oxygen atoms in total. The highest BCUT2D eigenvalue weighted by Gasteiger charge is 2.50. The van der Waals surface area contributed by atoms with Gasteiger partial charge in [-0.25, -0.2) is 0 Å². The van der Waals surface area contributed by atoms with E-state index < -0.39 is 88.8 Å². The van der Waals surface area contributed by atoms with Crippen molar-refractivity contribution in [3.63, 3.8) is 0 Å². The average Bonchev–Trinajstić information content (AvgIpc) is 3.57. The molecule has 16 heteroatoms. The van der Waals surface area contributed by atoms with Gasteiger partial charge in [-0.05, 0) is 50.3 Å². The summed E-state index contributed by atoms with van der Waals surface area (Å²) in [4.78, 5) is 43.6. The minimum Gasteiger partial charge on any atom is -0.507 e. The standard InChI is InChI=1S/C55H74N4O12/c1-28-16-15-17-29(2)53(67)57-44-39(24-56-59-30(3)25-58(26-31(59)4)27-37-18-20-38(21-19-37)54(10,11)12)48(64)41-42(49(44)65)47(63)35(8)51-43(41)52(66)55(13,71-51)69-23-22-40(68-14)32(5)50(70-36(9)60)34(7)46(62)33(6)45(28)61/h15-24,28,30-34,40,45-46,50,61-65H,25-27H2,1-14H3,(H,57,67)/b16-15?,23-22?,29-17?,56-24+. The van der Waals surface area contributed by atoms with Gasteiger partial charge >= 0.3 is 11.8 Å². The second kappa shape index (κ2) is 21.4. The topological polar surface area (TPSA) is 220 Å². The number of esters is 1. The highest BCUT2D eigenvalue weighted by Crippen LogP contribution is 2.55. The maximum atomic E-state index is 14.7. The Labute approximate surface area is 417 Å². The van der Waals surface area contributed by atoms with Gasteiger partial charge in [0.05, 0.1) is 65.1 Å². The third kappa shape index (κ3) is 11.1. The number of carbonyl (C=O) groups is 3. The number of nitrogens with zero attached hydrogens (tertiary/aromatic N) is 3. The average molecular weight is 983 g/mol. The van der Waals surface area contributed by atoms with Crippen LogP contribution in [-0.2, 0) is 35.8 Å². The summed E-state index contributed by atoms with van der Waals surface area (Å²) in [5, 5.41) is 68.4. The molecule has 0 aliphatic carbocycles. The van der Waals surface area contributed by atoms with Crippen molar-refractivity contribution < 1.29 is 58.9 Å². The smallest absolute Gasteiger partial charge is 0.312 e. The summed E-state index contributed by atoms with van der Waals surface area (Å²) in [5.74, 6) is -8.48. The van der Waals surface area contributed by atoms with Crippen LogP contribution in [-0.4, -0.2) is 122 Å². The predicted molar refractivity (Wildman–Crippen MR) is 273 cm³/mol.